The van der Waals surface area contributed by atoms with Crippen LogP contribution in [0.4, 0.5) is 13.2 Å². The van der Waals surface area contributed by atoms with Gasteiger partial charge in [-0.3, -0.25) is 4.79 Å². The highest BCUT2D eigenvalue weighted by Gasteiger charge is 2.19. The number of carbonyl (C=O) groups is 1. The molecular weight excluding hydrogens is 331 g/mol. The molecular formula is C19H18F3NO2. The van der Waals surface area contributed by atoms with Gasteiger partial charge in [0.2, 0.25) is 5.91 Å². The van der Waals surface area contributed by atoms with Gasteiger partial charge in [-0.05, 0) is 42.3 Å². The van der Waals surface area contributed by atoms with Crippen LogP contribution in [-0.2, 0) is 4.79 Å². The van der Waals surface area contributed by atoms with Gasteiger partial charge in [-0.25, -0.2) is 13.2 Å². The standard InChI is InChI=1S/C19H18F3NO2/c1-12(19(25)14-7-10-16(21)17(22)11-14)23-18(24)4-2-3-13-5-8-15(20)9-6-13/h2-3,5-12,19,25H,4H2,1H3,(H,23,24)/b3-2+. The summed E-state index contributed by atoms with van der Waals surface area (Å²) in [6.07, 6.45) is 2.18. The molecule has 2 aromatic carbocycles. The Morgan fingerprint density at radius 2 is 1.80 bits per heavy atom. The highest BCUT2D eigenvalue weighted by atomic mass is 19.2. The van der Waals surface area contributed by atoms with E-state index in [1.54, 1.807) is 31.2 Å². The zero-order valence-corrected chi connectivity index (χ0v) is 13.5. The van der Waals surface area contributed by atoms with Crippen molar-refractivity contribution in [2.45, 2.75) is 25.5 Å². The summed E-state index contributed by atoms with van der Waals surface area (Å²) in [4.78, 5) is 11.9. The van der Waals surface area contributed by atoms with E-state index in [4.69, 9.17) is 0 Å². The fourth-order valence-electron chi connectivity index (χ4n) is 2.25. The molecule has 2 aromatic rings. The van der Waals surface area contributed by atoms with Crippen molar-refractivity contribution in [3.05, 3.63) is 77.1 Å². The summed E-state index contributed by atoms with van der Waals surface area (Å²) in [5.41, 5.74) is 0.928. The molecule has 0 saturated carbocycles. The minimum absolute atomic E-state index is 0.0617. The molecule has 132 valence electrons. The monoisotopic (exact) mass is 349 g/mol. The van der Waals surface area contributed by atoms with Crippen LogP contribution in [0.25, 0.3) is 6.08 Å². The fraction of sp³-hybridized carbons (Fsp3) is 0.211. The Morgan fingerprint density at radius 3 is 2.44 bits per heavy atom. The lowest BCUT2D eigenvalue weighted by atomic mass is 10.0. The lowest BCUT2D eigenvalue weighted by Crippen LogP contribution is -2.36. The third-order valence-corrected chi connectivity index (χ3v) is 3.63. The number of benzene rings is 2. The van der Waals surface area contributed by atoms with Gasteiger partial charge in [0, 0.05) is 6.42 Å². The molecule has 2 unspecified atom stereocenters. The third kappa shape index (κ3) is 5.46. The summed E-state index contributed by atoms with van der Waals surface area (Å²) in [5, 5.41) is 12.7. The third-order valence-electron chi connectivity index (χ3n) is 3.63. The van der Waals surface area contributed by atoms with Crippen molar-refractivity contribution in [2.24, 2.45) is 0 Å². The summed E-state index contributed by atoms with van der Waals surface area (Å²) in [7, 11) is 0. The first-order valence-electron chi connectivity index (χ1n) is 7.71. The Balaban J connectivity index is 1.88. The van der Waals surface area contributed by atoms with Crippen molar-refractivity contribution in [1.29, 1.82) is 0 Å². The van der Waals surface area contributed by atoms with E-state index in [9.17, 15) is 23.1 Å². The first-order chi connectivity index (χ1) is 11.9. The van der Waals surface area contributed by atoms with Crippen LogP contribution in [0.15, 0.2) is 48.5 Å². The molecule has 0 saturated heterocycles. The molecule has 2 rings (SSSR count). The van der Waals surface area contributed by atoms with Gasteiger partial charge in [0.1, 0.15) is 5.82 Å². The van der Waals surface area contributed by atoms with Crippen molar-refractivity contribution < 1.29 is 23.1 Å². The Morgan fingerprint density at radius 1 is 1.12 bits per heavy atom. The minimum atomic E-state index is -1.17. The van der Waals surface area contributed by atoms with Gasteiger partial charge in [-0.15, -0.1) is 0 Å². The average Bonchev–Trinajstić information content (AvgIpc) is 2.58. The van der Waals surface area contributed by atoms with Crippen molar-refractivity contribution in [1.82, 2.24) is 5.32 Å². The molecule has 0 aromatic heterocycles. The van der Waals surface area contributed by atoms with Crippen LogP contribution in [0.2, 0.25) is 0 Å². The molecule has 6 heteroatoms. The number of nitrogens with one attached hydrogen (secondary N) is 1. The summed E-state index contributed by atoms with van der Waals surface area (Å²) in [6.45, 7) is 1.56. The van der Waals surface area contributed by atoms with Gasteiger partial charge in [-0.1, -0.05) is 30.4 Å². The fourth-order valence-corrected chi connectivity index (χ4v) is 2.25. The molecule has 0 bridgehead atoms. The Bertz CT molecular complexity index is 760. The zero-order valence-electron chi connectivity index (χ0n) is 13.5. The van der Waals surface area contributed by atoms with E-state index >= 15 is 0 Å². The van der Waals surface area contributed by atoms with Crippen LogP contribution < -0.4 is 5.32 Å². The number of aliphatic hydroxyl groups is 1. The van der Waals surface area contributed by atoms with Crippen LogP contribution in [0.1, 0.15) is 30.6 Å². The number of hydrogen-bond acceptors (Lipinski definition) is 2. The number of aliphatic hydroxyl groups excluding tert-OH is 1. The van der Waals surface area contributed by atoms with Crippen molar-refractivity contribution in [2.75, 3.05) is 0 Å². The maximum Gasteiger partial charge on any atom is 0.224 e. The van der Waals surface area contributed by atoms with Gasteiger partial charge >= 0.3 is 0 Å². The number of carbonyl (C=O) groups excluding carboxylic acids is 1. The van der Waals surface area contributed by atoms with Gasteiger partial charge in [-0.2, -0.15) is 0 Å². The normalized spacial score (nSPS) is 13.6. The molecule has 0 radical (unpaired) electrons. The Hall–Kier alpha value is -2.60. The van der Waals surface area contributed by atoms with Gasteiger partial charge in [0.15, 0.2) is 11.6 Å². The molecule has 0 aliphatic heterocycles. The van der Waals surface area contributed by atoms with E-state index in [0.717, 1.165) is 17.7 Å². The van der Waals surface area contributed by atoms with E-state index < -0.39 is 23.8 Å². The first kappa shape index (κ1) is 18.7. The van der Waals surface area contributed by atoms with Gasteiger partial charge in [0.25, 0.3) is 0 Å². The molecule has 0 spiro atoms. The largest absolute Gasteiger partial charge is 0.386 e. The number of rotatable bonds is 6. The minimum Gasteiger partial charge on any atom is -0.386 e. The van der Waals surface area contributed by atoms with E-state index in [0.29, 0.717) is 0 Å². The van der Waals surface area contributed by atoms with Gasteiger partial charge in [0.05, 0.1) is 12.1 Å². The second kappa shape index (κ2) is 8.48. The summed E-state index contributed by atoms with van der Waals surface area (Å²) >= 11 is 0. The maximum atomic E-state index is 13.2. The van der Waals surface area contributed by atoms with E-state index in [-0.39, 0.29) is 23.7 Å². The van der Waals surface area contributed by atoms with Crippen LogP contribution in [0.5, 0.6) is 0 Å². The van der Waals surface area contributed by atoms with Crippen molar-refractivity contribution in [3.8, 4) is 0 Å². The molecule has 2 atom stereocenters. The smallest absolute Gasteiger partial charge is 0.224 e. The lowest BCUT2D eigenvalue weighted by Gasteiger charge is -2.20. The zero-order chi connectivity index (χ0) is 18.4. The van der Waals surface area contributed by atoms with Crippen LogP contribution in [-0.4, -0.2) is 17.1 Å². The highest BCUT2D eigenvalue weighted by Crippen LogP contribution is 2.19. The van der Waals surface area contributed by atoms with Crippen molar-refractivity contribution in [3.63, 3.8) is 0 Å². The van der Waals surface area contributed by atoms with Crippen LogP contribution in [0, 0.1) is 17.5 Å². The van der Waals surface area contributed by atoms with E-state index in [1.807, 2.05) is 0 Å². The molecule has 0 aliphatic rings. The van der Waals surface area contributed by atoms with Gasteiger partial charge < -0.3 is 10.4 Å². The Labute approximate surface area is 143 Å². The topological polar surface area (TPSA) is 49.3 Å². The summed E-state index contributed by atoms with van der Waals surface area (Å²) < 4.78 is 38.9. The second-order valence-corrected chi connectivity index (χ2v) is 5.63. The lowest BCUT2D eigenvalue weighted by molar-refractivity contribution is -0.121. The Kier molecular flexibility index (Phi) is 6.36. The van der Waals surface area contributed by atoms with E-state index in [1.165, 1.54) is 18.2 Å². The average molecular weight is 349 g/mol. The second-order valence-electron chi connectivity index (χ2n) is 5.63. The van der Waals surface area contributed by atoms with Crippen LogP contribution >= 0.6 is 0 Å². The predicted molar refractivity (Wildman–Crippen MR) is 89.0 cm³/mol. The molecule has 0 heterocycles. The number of hydrogen-bond donors (Lipinski definition) is 2. The maximum absolute atomic E-state index is 13.2. The SMILES string of the molecule is CC(NC(=O)C/C=C/c1ccc(F)cc1)C(O)c1ccc(F)c(F)c1. The molecule has 25 heavy (non-hydrogen) atoms. The molecule has 0 fully saturated rings. The van der Waals surface area contributed by atoms with Crippen LogP contribution in [0.3, 0.4) is 0 Å². The quantitative estimate of drug-likeness (QED) is 0.835. The molecule has 2 N–H and O–H groups in total. The first-order valence-corrected chi connectivity index (χ1v) is 7.71. The van der Waals surface area contributed by atoms with E-state index in [2.05, 4.69) is 5.32 Å². The predicted octanol–water partition coefficient (Wildman–Crippen LogP) is 3.75. The van der Waals surface area contributed by atoms with Crippen molar-refractivity contribution >= 4 is 12.0 Å². The molecule has 0 aliphatic carbocycles. The number of amides is 1. The molecule has 3 nitrogen and oxygen atoms in total. The molecule has 1 amide bonds. The highest BCUT2D eigenvalue weighted by molar-refractivity contribution is 5.78. The summed E-state index contributed by atoms with van der Waals surface area (Å²) in [6, 6.07) is 8.21. The summed E-state index contributed by atoms with van der Waals surface area (Å²) in [5.74, 6) is -2.74. The number of halogens is 3.